The maximum absolute atomic E-state index is 12.6. The topological polar surface area (TPSA) is 46.6 Å². The predicted molar refractivity (Wildman–Crippen MR) is 82.8 cm³/mol. The van der Waals surface area contributed by atoms with Crippen molar-refractivity contribution in [1.82, 2.24) is 0 Å². The molecular formula is C16H20BNO3. The molecule has 0 N–H and O–H groups in total. The van der Waals surface area contributed by atoms with Crippen LogP contribution in [-0.4, -0.2) is 26.5 Å². The van der Waals surface area contributed by atoms with E-state index in [9.17, 15) is 9.59 Å². The van der Waals surface area contributed by atoms with Crippen LogP contribution < -0.4 is 10.4 Å². The molecule has 0 spiro atoms. The van der Waals surface area contributed by atoms with Gasteiger partial charge in [0.25, 0.3) is 0 Å². The van der Waals surface area contributed by atoms with Crippen LogP contribution in [0, 0.1) is 5.41 Å². The van der Waals surface area contributed by atoms with Crippen LogP contribution in [-0.2, 0) is 19.7 Å². The highest BCUT2D eigenvalue weighted by atomic mass is 16.5. The van der Waals surface area contributed by atoms with Crippen molar-refractivity contribution in [3.63, 3.8) is 0 Å². The molecular weight excluding hydrogens is 265 g/mol. The number of hydrogen-bond acceptors (Lipinski definition) is 3. The van der Waals surface area contributed by atoms with E-state index in [-0.39, 0.29) is 18.6 Å². The first-order valence-corrected chi connectivity index (χ1v) is 6.94. The third-order valence-corrected chi connectivity index (χ3v) is 3.70. The first-order chi connectivity index (χ1) is 9.55. The standard InChI is InChI=1S/C16H20BNO3/c1-15(2,3)14(20)21-9-18-12-7-6-10(17)8-11(12)16(4,5)13(18)19/h6-8H,9H2,1-5H3. The Bertz CT molecular complexity index is 602. The van der Waals surface area contributed by atoms with Crippen LogP contribution in [0.5, 0.6) is 0 Å². The molecule has 1 aromatic rings. The Morgan fingerprint density at radius 2 is 1.95 bits per heavy atom. The molecule has 1 aromatic carbocycles. The number of amides is 1. The molecule has 4 nitrogen and oxygen atoms in total. The monoisotopic (exact) mass is 285 g/mol. The summed E-state index contributed by atoms with van der Waals surface area (Å²) in [7, 11) is 5.81. The second-order valence-electron chi connectivity index (χ2n) is 6.95. The smallest absolute Gasteiger partial charge is 0.312 e. The van der Waals surface area contributed by atoms with E-state index in [2.05, 4.69) is 0 Å². The normalized spacial score (nSPS) is 16.8. The Morgan fingerprint density at radius 3 is 2.52 bits per heavy atom. The van der Waals surface area contributed by atoms with Gasteiger partial charge in [0.05, 0.1) is 16.5 Å². The Kier molecular flexibility index (Phi) is 3.64. The summed E-state index contributed by atoms with van der Waals surface area (Å²) in [5.41, 5.74) is 0.963. The van der Waals surface area contributed by atoms with Gasteiger partial charge in [-0.1, -0.05) is 17.6 Å². The van der Waals surface area contributed by atoms with Gasteiger partial charge in [-0.15, -0.1) is 0 Å². The third kappa shape index (κ3) is 2.69. The zero-order chi connectivity index (χ0) is 16.0. The average Bonchev–Trinajstić information content (AvgIpc) is 2.55. The second-order valence-corrected chi connectivity index (χ2v) is 6.95. The summed E-state index contributed by atoms with van der Waals surface area (Å²) in [6.07, 6.45) is 0. The minimum Gasteiger partial charge on any atom is -0.443 e. The van der Waals surface area contributed by atoms with Crippen LogP contribution in [0.1, 0.15) is 40.2 Å². The zero-order valence-electron chi connectivity index (χ0n) is 13.2. The van der Waals surface area contributed by atoms with Gasteiger partial charge in [0.2, 0.25) is 5.91 Å². The molecule has 0 saturated carbocycles. The van der Waals surface area contributed by atoms with Crippen molar-refractivity contribution in [2.75, 3.05) is 11.6 Å². The molecule has 0 atom stereocenters. The zero-order valence-corrected chi connectivity index (χ0v) is 13.2. The van der Waals surface area contributed by atoms with Crippen molar-refractivity contribution in [1.29, 1.82) is 0 Å². The number of benzene rings is 1. The maximum atomic E-state index is 12.6. The minimum atomic E-state index is -0.668. The van der Waals surface area contributed by atoms with Gasteiger partial charge in [-0.25, -0.2) is 0 Å². The van der Waals surface area contributed by atoms with Crippen molar-refractivity contribution >= 4 is 30.9 Å². The molecule has 2 rings (SSSR count). The number of hydrogen-bond donors (Lipinski definition) is 0. The van der Waals surface area contributed by atoms with E-state index < -0.39 is 10.8 Å². The van der Waals surface area contributed by atoms with Crippen molar-refractivity contribution in [3.8, 4) is 0 Å². The van der Waals surface area contributed by atoms with E-state index in [0.717, 1.165) is 11.3 Å². The third-order valence-electron chi connectivity index (χ3n) is 3.70. The minimum absolute atomic E-state index is 0.0741. The number of ether oxygens (including phenoxy) is 1. The Morgan fingerprint density at radius 1 is 1.33 bits per heavy atom. The Hall–Kier alpha value is -1.78. The summed E-state index contributed by atoms with van der Waals surface area (Å²) in [5, 5.41) is 0. The highest BCUT2D eigenvalue weighted by Gasteiger charge is 2.44. The van der Waals surface area contributed by atoms with Gasteiger partial charge < -0.3 is 4.74 Å². The van der Waals surface area contributed by atoms with Crippen molar-refractivity contribution in [2.45, 2.75) is 40.0 Å². The van der Waals surface area contributed by atoms with E-state index in [1.54, 1.807) is 39.0 Å². The number of carbonyl (C=O) groups excluding carboxylic acids is 2. The Labute approximate surface area is 126 Å². The van der Waals surface area contributed by atoms with Crippen molar-refractivity contribution in [2.24, 2.45) is 5.41 Å². The molecule has 1 amide bonds. The van der Waals surface area contributed by atoms with Gasteiger partial charge in [0.15, 0.2) is 6.73 Å². The number of fused-ring (bicyclic) bond motifs is 1. The van der Waals surface area contributed by atoms with E-state index in [1.807, 2.05) is 13.8 Å². The summed E-state index contributed by atoms with van der Waals surface area (Å²) in [5.74, 6) is -0.429. The fourth-order valence-electron chi connectivity index (χ4n) is 2.32. The summed E-state index contributed by atoms with van der Waals surface area (Å²) >= 11 is 0. The van der Waals surface area contributed by atoms with Crippen LogP contribution in [0.4, 0.5) is 5.69 Å². The van der Waals surface area contributed by atoms with Crippen molar-refractivity contribution < 1.29 is 14.3 Å². The molecule has 5 heteroatoms. The van der Waals surface area contributed by atoms with Gasteiger partial charge in [-0.05, 0) is 46.2 Å². The molecule has 0 unspecified atom stereocenters. The molecule has 2 radical (unpaired) electrons. The number of nitrogens with zero attached hydrogens (tertiary/aromatic N) is 1. The fourth-order valence-corrected chi connectivity index (χ4v) is 2.32. The number of rotatable bonds is 2. The fraction of sp³-hybridized carbons (Fsp3) is 0.500. The molecule has 0 aromatic heterocycles. The number of anilines is 1. The summed E-state index contributed by atoms with van der Waals surface area (Å²) in [6.45, 7) is 8.95. The molecule has 21 heavy (non-hydrogen) atoms. The van der Waals surface area contributed by atoms with Crippen molar-refractivity contribution in [3.05, 3.63) is 23.8 Å². The van der Waals surface area contributed by atoms with Crippen LogP contribution in [0.15, 0.2) is 18.2 Å². The lowest BCUT2D eigenvalue weighted by Crippen LogP contribution is -2.39. The molecule has 0 fully saturated rings. The van der Waals surface area contributed by atoms with Gasteiger partial charge in [-0.3, -0.25) is 14.5 Å². The molecule has 0 bridgehead atoms. The molecule has 1 aliphatic rings. The quantitative estimate of drug-likeness (QED) is 0.613. The summed E-state index contributed by atoms with van der Waals surface area (Å²) in [6, 6.07) is 5.34. The second kappa shape index (κ2) is 4.90. The molecule has 1 heterocycles. The van der Waals surface area contributed by atoms with Crippen LogP contribution >= 0.6 is 0 Å². The number of esters is 1. The van der Waals surface area contributed by atoms with E-state index in [0.29, 0.717) is 5.46 Å². The van der Waals surface area contributed by atoms with Crippen LogP contribution in [0.3, 0.4) is 0 Å². The van der Waals surface area contributed by atoms with Gasteiger partial charge in [-0.2, -0.15) is 0 Å². The van der Waals surface area contributed by atoms with Gasteiger partial charge in [0.1, 0.15) is 7.85 Å². The summed E-state index contributed by atoms with van der Waals surface area (Å²) < 4.78 is 5.28. The lowest BCUT2D eigenvalue weighted by Gasteiger charge is -2.23. The van der Waals surface area contributed by atoms with E-state index in [4.69, 9.17) is 12.6 Å². The SMILES string of the molecule is [B]c1ccc2c(c1)C(C)(C)C(=O)N2COC(=O)C(C)(C)C. The highest BCUT2D eigenvalue weighted by Crippen LogP contribution is 2.40. The number of carbonyl (C=O) groups is 2. The highest BCUT2D eigenvalue weighted by molar-refractivity contribution is 6.32. The molecule has 0 saturated heterocycles. The van der Waals surface area contributed by atoms with Gasteiger partial charge >= 0.3 is 5.97 Å². The predicted octanol–water partition coefficient (Wildman–Crippen LogP) is 1.65. The lowest BCUT2D eigenvalue weighted by molar-refractivity contribution is -0.153. The molecule has 0 aliphatic carbocycles. The van der Waals surface area contributed by atoms with E-state index in [1.165, 1.54) is 4.90 Å². The van der Waals surface area contributed by atoms with Gasteiger partial charge in [0, 0.05) is 0 Å². The molecule has 110 valence electrons. The first kappa shape index (κ1) is 15.6. The maximum Gasteiger partial charge on any atom is 0.312 e. The lowest BCUT2D eigenvalue weighted by atomic mass is 9.83. The van der Waals surface area contributed by atoms with E-state index >= 15 is 0 Å². The van der Waals surface area contributed by atoms with Crippen LogP contribution in [0.25, 0.3) is 0 Å². The largest absolute Gasteiger partial charge is 0.443 e. The van der Waals surface area contributed by atoms with Crippen LogP contribution in [0.2, 0.25) is 0 Å². The summed E-state index contributed by atoms with van der Waals surface area (Å²) in [4.78, 5) is 25.9. The first-order valence-electron chi connectivity index (χ1n) is 6.94. The average molecular weight is 285 g/mol. The molecule has 1 aliphatic heterocycles. The Balaban J connectivity index is 2.27.